The fraction of sp³-hybridized carbons (Fsp3) is 0.571. The standard InChI is InChI=1S/C14H17F2NO3/c15-9-5-10(16)7-11(6-9)20-13-8-14(2-1-12(13)17)18-3-4-19-14/h5-7,12-13H,1-4,8,17H2. The van der Waals surface area contributed by atoms with E-state index in [0.717, 1.165) is 18.2 Å². The van der Waals surface area contributed by atoms with Crippen molar-refractivity contribution in [2.75, 3.05) is 13.2 Å². The van der Waals surface area contributed by atoms with E-state index < -0.39 is 17.4 Å². The number of ether oxygens (including phenoxy) is 3. The third-order valence-corrected chi connectivity index (χ3v) is 3.79. The van der Waals surface area contributed by atoms with E-state index >= 15 is 0 Å². The molecule has 2 unspecified atom stereocenters. The molecule has 1 spiro atoms. The van der Waals surface area contributed by atoms with Crippen LogP contribution in [0.2, 0.25) is 0 Å². The third kappa shape index (κ3) is 2.77. The lowest BCUT2D eigenvalue weighted by atomic mass is 9.88. The van der Waals surface area contributed by atoms with E-state index in [9.17, 15) is 8.78 Å². The molecule has 2 aliphatic rings. The molecular formula is C14H17F2NO3. The molecule has 2 N–H and O–H groups in total. The van der Waals surface area contributed by atoms with Crippen molar-refractivity contribution in [2.24, 2.45) is 5.73 Å². The summed E-state index contributed by atoms with van der Waals surface area (Å²) in [5.74, 6) is -1.86. The van der Waals surface area contributed by atoms with Crippen molar-refractivity contribution in [3.05, 3.63) is 29.8 Å². The minimum atomic E-state index is -0.674. The van der Waals surface area contributed by atoms with E-state index in [0.29, 0.717) is 32.5 Å². The molecule has 0 amide bonds. The first-order valence-electron chi connectivity index (χ1n) is 6.73. The Morgan fingerprint density at radius 3 is 2.45 bits per heavy atom. The smallest absolute Gasteiger partial charge is 0.172 e. The molecule has 3 rings (SSSR count). The Hall–Kier alpha value is -1.24. The van der Waals surface area contributed by atoms with Crippen LogP contribution in [0.4, 0.5) is 8.78 Å². The minimum Gasteiger partial charge on any atom is -0.488 e. The van der Waals surface area contributed by atoms with E-state index in [1.54, 1.807) is 0 Å². The molecule has 1 aromatic carbocycles. The topological polar surface area (TPSA) is 53.7 Å². The van der Waals surface area contributed by atoms with Crippen LogP contribution >= 0.6 is 0 Å². The fourth-order valence-electron chi connectivity index (χ4n) is 2.79. The predicted molar refractivity (Wildman–Crippen MR) is 67.2 cm³/mol. The first-order chi connectivity index (χ1) is 9.56. The van der Waals surface area contributed by atoms with Crippen LogP contribution in [0.25, 0.3) is 0 Å². The van der Waals surface area contributed by atoms with Gasteiger partial charge >= 0.3 is 0 Å². The van der Waals surface area contributed by atoms with E-state index in [1.807, 2.05) is 0 Å². The summed E-state index contributed by atoms with van der Waals surface area (Å²) in [4.78, 5) is 0. The third-order valence-electron chi connectivity index (χ3n) is 3.79. The van der Waals surface area contributed by atoms with Gasteiger partial charge in [-0.05, 0) is 6.42 Å². The Morgan fingerprint density at radius 1 is 1.15 bits per heavy atom. The lowest BCUT2D eigenvalue weighted by molar-refractivity contribution is -0.195. The molecule has 0 radical (unpaired) electrons. The average molecular weight is 285 g/mol. The molecule has 2 fully saturated rings. The van der Waals surface area contributed by atoms with Crippen molar-refractivity contribution in [3.63, 3.8) is 0 Å². The lowest BCUT2D eigenvalue weighted by Crippen LogP contribution is -2.51. The highest BCUT2D eigenvalue weighted by atomic mass is 19.1. The number of nitrogens with two attached hydrogens (primary N) is 1. The molecule has 1 aromatic rings. The predicted octanol–water partition coefficient (Wildman–Crippen LogP) is 1.97. The highest BCUT2D eigenvalue weighted by molar-refractivity contribution is 5.24. The minimum absolute atomic E-state index is 0.137. The van der Waals surface area contributed by atoms with Gasteiger partial charge in [-0.25, -0.2) is 8.78 Å². The normalized spacial score (nSPS) is 28.8. The van der Waals surface area contributed by atoms with Crippen LogP contribution in [0.15, 0.2) is 18.2 Å². The van der Waals surface area contributed by atoms with Gasteiger partial charge in [-0.2, -0.15) is 0 Å². The summed E-state index contributed by atoms with van der Waals surface area (Å²) in [6, 6.07) is 2.89. The summed E-state index contributed by atoms with van der Waals surface area (Å²) in [6.07, 6.45) is 1.48. The van der Waals surface area contributed by atoms with Gasteiger partial charge in [0.05, 0.1) is 13.2 Å². The quantitative estimate of drug-likeness (QED) is 0.902. The molecule has 1 heterocycles. The van der Waals surface area contributed by atoms with E-state index in [4.69, 9.17) is 19.9 Å². The molecule has 0 aromatic heterocycles. The summed E-state index contributed by atoms with van der Waals surface area (Å²) >= 11 is 0. The number of hydrogen-bond acceptors (Lipinski definition) is 4. The molecule has 110 valence electrons. The van der Waals surface area contributed by atoms with Crippen LogP contribution < -0.4 is 10.5 Å². The van der Waals surface area contributed by atoms with Crippen LogP contribution in [0.1, 0.15) is 19.3 Å². The fourth-order valence-corrected chi connectivity index (χ4v) is 2.79. The van der Waals surface area contributed by atoms with Crippen LogP contribution in [0.5, 0.6) is 5.75 Å². The van der Waals surface area contributed by atoms with Crippen molar-refractivity contribution in [1.82, 2.24) is 0 Å². The maximum Gasteiger partial charge on any atom is 0.172 e. The average Bonchev–Trinajstić information content (AvgIpc) is 2.81. The Kier molecular flexibility index (Phi) is 3.62. The molecular weight excluding hydrogens is 268 g/mol. The molecule has 6 heteroatoms. The monoisotopic (exact) mass is 285 g/mol. The van der Waals surface area contributed by atoms with Crippen LogP contribution in [0, 0.1) is 11.6 Å². The summed E-state index contributed by atoms with van der Waals surface area (Å²) in [6.45, 7) is 1.10. The van der Waals surface area contributed by atoms with Gasteiger partial charge in [0.15, 0.2) is 5.79 Å². The Bertz CT molecular complexity index is 471. The van der Waals surface area contributed by atoms with Crippen LogP contribution in [-0.4, -0.2) is 31.1 Å². The Morgan fingerprint density at radius 2 is 1.80 bits per heavy atom. The molecule has 4 nitrogen and oxygen atoms in total. The van der Waals surface area contributed by atoms with Gasteiger partial charge in [0, 0.05) is 37.1 Å². The van der Waals surface area contributed by atoms with Crippen molar-refractivity contribution in [2.45, 2.75) is 37.2 Å². The second kappa shape index (κ2) is 5.27. The van der Waals surface area contributed by atoms with E-state index in [-0.39, 0.29) is 17.9 Å². The van der Waals surface area contributed by atoms with Gasteiger partial charge in [-0.3, -0.25) is 0 Å². The lowest BCUT2D eigenvalue weighted by Gasteiger charge is -2.39. The van der Waals surface area contributed by atoms with Gasteiger partial charge in [0.2, 0.25) is 0 Å². The first-order valence-corrected chi connectivity index (χ1v) is 6.73. The van der Waals surface area contributed by atoms with Crippen molar-refractivity contribution >= 4 is 0 Å². The molecule has 20 heavy (non-hydrogen) atoms. The van der Waals surface area contributed by atoms with Crippen molar-refractivity contribution < 1.29 is 23.0 Å². The van der Waals surface area contributed by atoms with E-state index in [2.05, 4.69) is 0 Å². The maximum atomic E-state index is 13.2. The van der Waals surface area contributed by atoms with Crippen LogP contribution in [0.3, 0.4) is 0 Å². The molecule has 1 saturated carbocycles. The zero-order valence-corrected chi connectivity index (χ0v) is 11.0. The van der Waals surface area contributed by atoms with Gasteiger partial charge in [-0.15, -0.1) is 0 Å². The van der Waals surface area contributed by atoms with Crippen LogP contribution in [-0.2, 0) is 9.47 Å². The summed E-state index contributed by atoms with van der Waals surface area (Å²) in [5, 5.41) is 0. The van der Waals surface area contributed by atoms with Crippen molar-refractivity contribution in [3.8, 4) is 5.75 Å². The highest BCUT2D eigenvalue weighted by Gasteiger charge is 2.45. The largest absolute Gasteiger partial charge is 0.488 e. The second-order valence-corrected chi connectivity index (χ2v) is 5.28. The maximum absolute atomic E-state index is 13.2. The summed E-state index contributed by atoms with van der Waals surface area (Å²) < 4.78 is 43.3. The number of hydrogen-bond donors (Lipinski definition) is 1. The second-order valence-electron chi connectivity index (χ2n) is 5.28. The van der Waals surface area contributed by atoms with Gasteiger partial charge in [0.25, 0.3) is 0 Å². The van der Waals surface area contributed by atoms with E-state index in [1.165, 1.54) is 0 Å². The zero-order valence-electron chi connectivity index (χ0n) is 11.0. The molecule has 2 atom stereocenters. The number of rotatable bonds is 2. The van der Waals surface area contributed by atoms with Crippen molar-refractivity contribution in [1.29, 1.82) is 0 Å². The first kappa shape index (κ1) is 13.7. The number of benzene rings is 1. The molecule has 1 saturated heterocycles. The van der Waals surface area contributed by atoms with Gasteiger partial charge in [-0.1, -0.05) is 0 Å². The Balaban J connectivity index is 1.74. The SMILES string of the molecule is NC1CCC2(CC1Oc1cc(F)cc(F)c1)OCCO2. The summed E-state index contributed by atoms with van der Waals surface area (Å²) in [7, 11) is 0. The summed E-state index contributed by atoms with van der Waals surface area (Å²) in [5.41, 5.74) is 6.03. The van der Waals surface area contributed by atoms with Gasteiger partial charge in [0.1, 0.15) is 23.5 Å². The van der Waals surface area contributed by atoms with Gasteiger partial charge < -0.3 is 19.9 Å². The zero-order chi connectivity index (χ0) is 14.2. The number of halogens is 2. The Labute approximate surface area is 115 Å². The highest BCUT2D eigenvalue weighted by Crippen LogP contribution is 2.37. The molecule has 1 aliphatic heterocycles. The molecule has 0 bridgehead atoms. The molecule has 1 aliphatic carbocycles.